The molecule has 10 heteroatoms. The molecule has 6 rings (SSSR count). The molecule has 0 radical (unpaired) electrons. The van der Waals surface area contributed by atoms with Gasteiger partial charge >= 0.3 is 6.01 Å². The van der Waals surface area contributed by atoms with Gasteiger partial charge in [0, 0.05) is 48.9 Å². The number of aliphatic hydroxyl groups excluding tert-OH is 1. The number of carbonyl (C=O) groups is 1. The van der Waals surface area contributed by atoms with Crippen LogP contribution in [0.4, 0.5) is 11.5 Å². The number of hydrogen-bond donors (Lipinski definition) is 1. The number of anilines is 2. The van der Waals surface area contributed by atoms with Gasteiger partial charge in [-0.25, -0.2) is 0 Å². The van der Waals surface area contributed by atoms with E-state index < -0.39 is 0 Å². The predicted octanol–water partition coefficient (Wildman–Crippen LogP) is 2.59. The van der Waals surface area contributed by atoms with E-state index in [0.29, 0.717) is 44.8 Å². The number of hydrogen-bond acceptors (Lipinski definition) is 9. The zero-order valence-corrected chi connectivity index (χ0v) is 24.6. The maximum absolute atomic E-state index is 12.7. The number of likely N-dealkylation sites (N-methyl/N-ethyl adjacent to an activating group) is 1. The summed E-state index contributed by atoms with van der Waals surface area (Å²) in [4.78, 5) is 31.2. The van der Waals surface area contributed by atoms with Crippen LogP contribution in [0.2, 0.25) is 0 Å². The largest absolute Gasteiger partial charge is 0.462 e. The molecular weight excluding hydrogens is 542 g/mol. The van der Waals surface area contributed by atoms with Gasteiger partial charge in [0.1, 0.15) is 19.0 Å². The monoisotopic (exact) mass is 579 g/mol. The maximum atomic E-state index is 12.7. The van der Waals surface area contributed by atoms with Crippen LogP contribution in [0.5, 0.6) is 6.01 Å². The van der Waals surface area contributed by atoms with Crippen molar-refractivity contribution in [3.63, 3.8) is 0 Å². The van der Waals surface area contributed by atoms with Crippen LogP contribution >= 0.6 is 0 Å². The lowest BCUT2D eigenvalue weighted by molar-refractivity contribution is -0.127. The third kappa shape index (κ3) is 6.08. The van der Waals surface area contributed by atoms with E-state index in [1.54, 1.807) is 4.90 Å². The van der Waals surface area contributed by atoms with E-state index in [4.69, 9.17) is 19.8 Å². The molecule has 1 amide bonds. The van der Waals surface area contributed by atoms with Crippen LogP contribution in [0, 0.1) is 23.2 Å². The van der Waals surface area contributed by atoms with Gasteiger partial charge in [0.05, 0.1) is 30.8 Å². The number of carbonyl (C=O) groups excluding carboxylic acids is 1. The molecule has 2 saturated heterocycles. The van der Waals surface area contributed by atoms with Crippen LogP contribution in [0.25, 0.3) is 10.8 Å². The highest BCUT2D eigenvalue weighted by atomic mass is 16.5. The minimum absolute atomic E-state index is 0.183. The molecule has 2 fully saturated rings. The maximum Gasteiger partial charge on any atom is 0.318 e. The fourth-order valence-electron chi connectivity index (χ4n) is 6.55. The molecule has 10 nitrogen and oxygen atoms in total. The van der Waals surface area contributed by atoms with Crippen LogP contribution in [0.15, 0.2) is 42.5 Å². The van der Waals surface area contributed by atoms with Crippen molar-refractivity contribution in [2.75, 3.05) is 62.8 Å². The van der Waals surface area contributed by atoms with E-state index >= 15 is 0 Å². The molecule has 0 spiro atoms. The summed E-state index contributed by atoms with van der Waals surface area (Å²) in [6, 6.07) is 17.5. The first-order chi connectivity index (χ1) is 21.1. The van der Waals surface area contributed by atoms with Gasteiger partial charge in [-0.1, -0.05) is 42.3 Å². The Balaban J connectivity index is 1.31. The Hall–Kier alpha value is -4.38. The summed E-state index contributed by atoms with van der Waals surface area (Å²) in [5.41, 5.74) is 3.23. The average Bonchev–Trinajstić information content (AvgIpc) is 3.46. The first-order valence-corrected chi connectivity index (χ1v) is 15.0. The molecule has 2 aromatic carbocycles. The number of benzene rings is 2. The second-order valence-corrected chi connectivity index (χ2v) is 11.4. The lowest BCUT2D eigenvalue weighted by atomic mass is 10.0. The zero-order valence-electron chi connectivity index (χ0n) is 24.6. The molecule has 222 valence electrons. The van der Waals surface area contributed by atoms with Gasteiger partial charge in [0.25, 0.3) is 5.91 Å². The first kappa shape index (κ1) is 28.7. The third-order valence-electron chi connectivity index (χ3n) is 8.85. The van der Waals surface area contributed by atoms with Gasteiger partial charge in [-0.05, 0) is 50.2 Å². The number of ether oxygens (including phenoxy) is 1. The Morgan fingerprint density at radius 3 is 2.74 bits per heavy atom. The number of nitrogens with zero attached hydrogens (tertiary/aromatic N) is 7. The number of amides is 1. The zero-order chi connectivity index (χ0) is 29.8. The molecule has 2 atom stereocenters. The average molecular weight is 580 g/mol. The van der Waals surface area contributed by atoms with Crippen LogP contribution in [-0.4, -0.2) is 95.9 Å². The molecule has 0 bridgehead atoms. The molecule has 1 aromatic heterocycles. The molecule has 0 unspecified atom stereocenters. The van der Waals surface area contributed by atoms with Crippen molar-refractivity contribution in [2.45, 2.75) is 44.3 Å². The van der Waals surface area contributed by atoms with Crippen LogP contribution in [-0.2, 0) is 17.8 Å². The minimum Gasteiger partial charge on any atom is -0.462 e. The molecular formula is C33H37N7O3. The van der Waals surface area contributed by atoms with Gasteiger partial charge in [0.2, 0.25) is 0 Å². The molecule has 4 heterocycles. The number of likely N-dealkylation sites (tertiary alicyclic amines) is 1. The number of fused-ring (bicyclic) bond motifs is 2. The quantitative estimate of drug-likeness (QED) is 0.441. The fourth-order valence-corrected chi connectivity index (χ4v) is 6.55. The van der Waals surface area contributed by atoms with Crippen LogP contribution < -0.4 is 14.5 Å². The van der Waals surface area contributed by atoms with Crippen molar-refractivity contribution in [2.24, 2.45) is 0 Å². The van der Waals surface area contributed by atoms with Crippen molar-refractivity contribution in [1.29, 1.82) is 5.26 Å². The van der Waals surface area contributed by atoms with Gasteiger partial charge in [-0.15, -0.1) is 0 Å². The van der Waals surface area contributed by atoms with Crippen molar-refractivity contribution >= 4 is 28.2 Å². The predicted molar refractivity (Wildman–Crippen MR) is 165 cm³/mol. The highest BCUT2D eigenvalue weighted by Crippen LogP contribution is 2.35. The Kier molecular flexibility index (Phi) is 8.59. The van der Waals surface area contributed by atoms with Crippen molar-refractivity contribution in [3.8, 4) is 23.9 Å². The van der Waals surface area contributed by atoms with Gasteiger partial charge in [-0.2, -0.15) is 15.2 Å². The van der Waals surface area contributed by atoms with E-state index in [1.165, 1.54) is 16.5 Å². The number of piperazine rings is 1. The Labute approximate surface area is 252 Å². The summed E-state index contributed by atoms with van der Waals surface area (Å²) >= 11 is 0. The summed E-state index contributed by atoms with van der Waals surface area (Å²) in [5.74, 6) is 5.39. The smallest absolute Gasteiger partial charge is 0.318 e. The van der Waals surface area contributed by atoms with Crippen LogP contribution in [0.3, 0.4) is 0 Å². The van der Waals surface area contributed by atoms with Gasteiger partial charge in [-0.3, -0.25) is 4.79 Å². The molecule has 0 saturated carbocycles. The second kappa shape index (κ2) is 12.9. The Morgan fingerprint density at radius 1 is 1.07 bits per heavy atom. The van der Waals surface area contributed by atoms with Crippen molar-refractivity contribution in [3.05, 3.63) is 53.7 Å². The van der Waals surface area contributed by atoms with Crippen molar-refractivity contribution in [1.82, 2.24) is 19.8 Å². The Bertz CT molecular complexity index is 1590. The molecule has 1 N–H and O–H groups in total. The van der Waals surface area contributed by atoms with E-state index in [9.17, 15) is 10.1 Å². The standard InChI is InChI=1S/C33H37N7O3/c1-37-16-5-9-26(37)23-43-33-35-29-22-38(30-11-4-8-24-7-2-3-10-27(24)30)17-14-28(29)32(36-33)39-18-19-40(25(21-39)13-15-34)31(42)12-6-20-41/h2-4,7-8,10-11,25-26,41H,5,9,13-14,16-23H2,1H3/t25-,26-/m0/s1. The van der Waals surface area contributed by atoms with E-state index in [-0.39, 0.29) is 25.0 Å². The topological polar surface area (TPSA) is 109 Å². The second-order valence-electron chi connectivity index (χ2n) is 11.4. The summed E-state index contributed by atoms with van der Waals surface area (Å²) in [6.45, 7) is 4.10. The molecule has 3 aliphatic heterocycles. The molecule has 3 aliphatic rings. The molecule has 43 heavy (non-hydrogen) atoms. The number of rotatable bonds is 6. The molecule has 3 aromatic rings. The highest BCUT2D eigenvalue weighted by Gasteiger charge is 2.34. The number of nitriles is 1. The summed E-state index contributed by atoms with van der Waals surface area (Å²) in [6.07, 6.45) is 3.20. The highest BCUT2D eigenvalue weighted by molar-refractivity contribution is 5.95. The normalized spacial score (nSPS) is 20.3. The SMILES string of the molecule is CN1CCC[C@H]1COc1nc2c(c(N3CCN(C(=O)C#CCO)[C@@H](CC#N)C3)n1)CCN(c1cccc3ccccc13)C2. The van der Waals surface area contributed by atoms with E-state index in [1.807, 2.05) is 0 Å². The molecule has 0 aliphatic carbocycles. The lowest BCUT2D eigenvalue weighted by Crippen LogP contribution is -2.55. The summed E-state index contributed by atoms with van der Waals surface area (Å²) < 4.78 is 6.28. The van der Waals surface area contributed by atoms with Gasteiger partial charge < -0.3 is 29.4 Å². The lowest BCUT2D eigenvalue weighted by Gasteiger charge is -2.41. The van der Waals surface area contributed by atoms with Gasteiger partial charge in [0.15, 0.2) is 0 Å². The van der Waals surface area contributed by atoms with E-state index in [0.717, 1.165) is 49.4 Å². The number of aliphatic hydroxyl groups is 1. The minimum atomic E-state index is -0.378. The van der Waals surface area contributed by atoms with Crippen molar-refractivity contribution < 1.29 is 14.6 Å². The van der Waals surface area contributed by atoms with Crippen LogP contribution in [0.1, 0.15) is 30.5 Å². The Morgan fingerprint density at radius 2 is 1.93 bits per heavy atom. The third-order valence-corrected chi connectivity index (χ3v) is 8.85. The summed E-state index contributed by atoms with van der Waals surface area (Å²) in [7, 11) is 2.13. The summed E-state index contributed by atoms with van der Waals surface area (Å²) in [5, 5.41) is 21.0. The van der Waals surface area contributed by atoms with E-state index in [2.05, 4.69) is 82.1 Å². The number of aromatic nitrogens is 2. The fraction of sp³-hybridized carbons (Fsp3) is 0.455. The first-order valence-electron chi connectivity index (χ1n) is 15.0.